The maximum absolute atomic E-state index is 12.6. The van der Waals surface area contributed by atoms with Crippen LogP contribution in [0.5, 0.6) is 0 Å². The molecule has 134 valence electrons. The summed E-state index contributed by atoms with van der Waals surface area (Å²) in [6, 6.07) is 11.1. The molecule has 1 aromatic carbocycles. The van der Waals surface area contributed by atoms with E-state index in [1.165, 1.54) is 0 Å². The molecule has 1 N–H and O–H groups in total. The summed E-state index contributed by atoms with van der Waals surface area (Å²) >= 11 is 0. The lowest BCUT2D eigenvalue weighted by Crippen LogP contribution is -2.46. The minimum atomic E-state index is -3.21. The number of carbonyl (C=O) groups is 1. The average Bonchev–Trinajstić information content (AvgIpc) is 3.00. The van der Waals surface area contributed by atoms with Crippen LogP contribution >= 0.6 is 0 Å². The summed E-state index contributed by atoms with van der Waals surface area (Å²) in [5, 5.41) is 0. The van der Waals surface area contributed by atoms with Gasteiger partial charge in [0.2, 0.25) is 10.0 Å². The molecule has 7 heteroatoms. The molecule has 2 heterocycles. The van der Waals surface area contributed by atoms with Gasteiger partial charge in [-0.25, -0.2) is 13.1 Å². The highest BCUT2D eigenvalue weighted by Crippen LogP contribution is 2.23. The van der Waals surface area contributed by atoms with E-state index in [-0.39, 0.29) is 11.9 Å². The third kappa shape index (κ3) is 4.49. The van der Waals surface area contributed by atoms with E-state index in [0.717, 1.165) is 23.3 Å². The summed E-state index contributed by atoms with van der Waals surface area (Å²) in [5.74, 6) is 1.60. The number of hydrogen-bond donors (Lipinski definition) is 1. The average molecular weight is 362 g/mol. The molecule has 0 radical (unpaired) electrons. The zero-order chi connectivity index (χ0) is 18.0. The lowest BCUT2D eigenvalue weighted by Gasteiger charge is -2.32. The van der Waals surface area contributed by atoms with Crippen LogP contribution in [0.2, 0.25) is 0 Å². The molecule has 0 aliphatic carbocycles. The molecule has 3 rings (SSSR count). The fourth-order valence-electron chi connectivity index (χ4n) is 3.05. The first-order valence-corrected chi connectivity index (χ1v) is 10.1. The monoisotopic (exact) mass is 362 g/mol. The predicted molar refractivity (Wildman–Crippen MR) is 95.8 cm³/mol. The molecule has 1 amide bonds. The van der Waals surface area contributed by atoms with Crippen molar-refractivity contribution in [1.29, 1.82) is 0 Å². The van der Waals surface area contributed by atoms with Crippen molar-refractivity contribution in [2.45, 2.75) is 25.8 Å². The molecule has 0 bridgehead atoms. The Labute approximate surface area is 147 Å². The second-order valence-electron chi connectivity index (χ2n) is 6.44. The Hall–Kier alpha value is -2.12. The molecule has 1 saturated heterocycles. The first kappa shape index (κ1) is 17.7. The summed E-state index contributed by atoms with van der Waals surface area (Å²) in [4.78, 5) is 14.4. The summed E-state index contributed by atoms with van der Waals surface area (Å²) in [7, 11) is -3.21. The van der Waals surface area contributed by atoms with Gasteiger partial charge in [-0.05, 0) is 44.0 Å². The van der Waals surface area contributed by atoms with Crippen molar-refractivity contribution in [3.05, 3.63) is 47.7 Å². The number of hydrogen-bond acceptors (Lipinski definition) is 4. The van der Waals surface area contributed by atoms with E-state index in [1.807, 2.05) is 31.2 Å². The zero-order valence-corrected chi connectivity index (χ0v) is 15.2. The summed E-state index contributed by atoms with van der Waals surface area (Å²) in [5.41, 5.74) is 1.56. The Balaban J connectivity index is 1.62. The van der Waals surface area contributed by atoms with Gasteiger partial charge in [0, 0.05) is 30.3 Å². The summed E-state index contributed by atoms with van der Waals surface area (Å²) in [6.45, 7) is 2.99. The van der Waals surface area contributed by atoms with Gasteiger partial charge in [-0.1, -0.05) is 12.1 Å². The number of nitrogens with one attached hydrogen (secondary N) is 1. The van der Waals surface area contributed by atoms with Crippen LogP contribution in [0.3, 0.4) is 0 Å². The minimum absolute atomic E-state index is 0.0278. The standard InChI is InChI=1S/C18H22N2O4S/c1-13-3-8-17(24-13)14-4-6-15(7-5-14)18(21)20-11-9-16(10-12-20)19-25(2,22)23/h3-8,16,19H,9-12H2,1-2H3. The Morgan fingerprint density at radius 3 is 2.28 bits per heavy atom. The maximum atomic E-state index is 12.6. The number of furan rings is 1. The lowest BCUT2D eigenvalue weighted by atomic mass is 10.0. The summed E-state index contributed by atoms with van der Waals surface area (Å²) < 4.78 is 30.8. The van der Waals surface area contributed by atoms with Crippen LogP contribution in [0.4, 0.5) is 0 Å². The predicted octanol–water partition coefficient (Wildman–Crippen LogP) is 2.41. The van der Waals surface area contributed by atoms with Gasteiger partial charge in [0.25, 0.3) is 5.91 Å². The molecule has 0 saturated carbocycles. The molecule has 1 aliphatic heterocycles. The number of aryl methyl sites for hydroxylation is 1. The van der Waals surface area contributed by atoms with Gasteiger partial charge in [-0.15, -0.1) is 0 Å². The number of nitrogens with zero attached hydrogens (tertiary/aromatic N) is 1. The zero-order valence-electron chi connectivity index (χ0n) is 14.4. The van der Waals surface area contributed by atoms with E-state index in [0.29, 0.717) is 31.5 Å². The van der Waals surface area contributed by atoms with Gasteiger partial charge in [0.15, 0.2) is 0 Å². The quantitative estimate of drug-likeness (QED) is 0.906. The first-order valence-electron chi connectivity index (χ1n) is 8.25. The van der Waals surface area contributed by atoms with E-state index in [9.17, 15) is 13.2 Å². The van der Waals surface area contributed by atoms with Crippen LogP contribution in [0.15, 0.2) is 40.8 Å². The molecule has 1 aliphatic rings. The van der Waals surface area contributed by atoms with Crippen molar-refractivity contribution in [1.82, 2.24) is 9.62 Å². The second-order valence-corrected chi connectivity index (χ2v) is 8.22. The molecule has 1 fully saturated rings. The molecular weight excluding hydrogens is 340 g/mol. The van der Waals surface area contributed by atoms with Gasteiger partial charge in [0.1, 0.15) is 11.5 Å². The molecule has 25 heavy (non-hydrogen) atoms. The number of sulfonamides is 1. The van der Waals surface area contributed by atoms with Crippen LogP contribution in [0, 0.1) is 6.92 Å². The molecular formula is C18H22N2O4S. The van der Waals surface area contributed by atoms with Crippen molar-refractivity contribution in [3.8, 4) is 11.3 Å². The van der Waals surface area contributed by atoms with Gasteiger partial charge in [-0.3, -0.25) is 4.79 Å². The topological polar surface area (TPSA) is 79.6 Å². The molecule has 1 aromatic heterocycles. The molecule has 0 spiro atoms. The van der Waals surface area contributed by atoms with Gasteiger partial charge in [-0.2, -0.15) is 0 Å². The highest BCUT2D eigenvalue weighted by molar-refractivity contribution is 7.88. The van der Waals surface area contributed by atoms with Crippen LogP contribution in [-0.2, 0) is 10.0 Å². The summed E-state index contributed by atoms with van der Waals surface area (Å²) in [6.07, 6.45) is 2.41. The maximum Gasteiger partial charge on any atom is 0.253 e. The third-order valence-corrected chi connectivity index (χ3v) is 5.08. The Morgan fingerprint density at radius 1 is 1.12 bits per heavy atom. The molecule has 2 aromatic rings. The largest absolute Gasteiger partial charge is 0.461 e. The number of carbonyl (C=O) groups excluding carboxylic acids is 1. The number of benzene rings is 1. The van der Waals surface area contributed by atoms with Crippen molar-refractivity contribution < 1.29 is 17.6 Å². The van der Waals surface area contributed by atoms with Crippen molar-refractivity contribution in [2.75, 3.05) is 19.3 Å². The number of amides is 1. The molecule has 0 atom stereocenters. The minimum Gasteiger partial charge on any atom is -0.461 e. The smallest absolute Gasteiger partial charge is 0.253 e. The number of piperidine rings is 1. The molecule has 0 unspecified atom stereocenters. The van der Waals surface area contributed by atoms with E-state index in [1.54, 1.807) is 17.0 Å². The van der Waals surface area contributed by atoms with E-state index in [4.69, 9.17) is 4.42 Å². The lowest BCUT2D eigenvalue weighted by molar-refractivity contribution is 0.0711. The van der Waals surface area contributed by atoms with Gasteiger partial charge >= 0.3 is 0 Å². The van der Waals surface area contributed by atoms with E-state index in [2.05, 4.69) is 4.72 Å². The van der Waals surface area contributed by atoms with E-state index >= 15 is 0 Å². The van der Waals surface area contributed by atoms with Crippen molar-refractivity contribution in [2.24, 2.45) is 0 Å². The second kappa shape index (κ2) is 7.01. The fraction of sp³-hybridized carbons (Fsp3) is 0.389. The van der Waals surface area contributed by atoms with Crippen molar-refractivity contribution in [3.63, 3.8) is 0 Å². The van der Waals surface area contributed by atoms with Crippen LogP contribution < -0.4 is 4.72 Å². The number of rotatable bonds is 4. The Bertz CT molecular complexity index is 847. The number of likely N-dealkylation sites (tertiary alicyclic amines) is 1. The third-order valence-electron chi connectivity index (χ3n) is 4.32. The highest BCUT2D eigenvalue weighted by atomic mass is 32.2. The first-order chi connectivity index (χ1) is 11.8. The Morgan fingerprint density at radius 2 is 1.76 bits per heavy atom. The Kier molecular flexibility index (Phi) is 4.96. The van der Waals surface area contributed by atoms with Crippen LogP contribution in [0.1, 0.15) is 29.0 Å². The van der Waals surface area contributed by atoms with E-state index < -0.39 is 10.0 Å². The SMILES string of the molecule is Cc1ccc(-c2ccc(C(=O)N3CCC(NS(C)(=O)=O)CC3)cc2)o1. The van der Waals surface area contributed by atoms with Crippen LogP contribution in [0.25, 0.3) is 11.3 Å². The van der Waals surface area contributed by atoms with Gasteiger partial charge in [0.05, 0.1) is 6.26 Å². The van der Waals surface area contributed by atoms with Gasteiger partial charge < -0.3 is 9.32 Å². The normalized spacial score (nSPS) is 16.2. The fourth-order valence-corrected chi connectivity index (χ4v) is 3.89. The molecule has 6 nitrogen and oxygen atoms in total. The van der Waals surface area contributed by atoms with Crippen LogP contribution in [-0.4, -0.2) is 44.6 Å². The highest BCUT2D eigenvalue weighted by Gasteiger charge is 2.25. The van der Waals surface area contributed by atoms with Crippen molar-refractivity contribution >= 4 is 15.9 Å².